The molecule has 1 aromatic carbocycles. The number of ether oxygens (including phenoxy) is 1. The summed E-state index contributed by atoms with van der Waals surface area (Å²) in [5.41, 5.74) is 1.27. The Hall–Kier alpha value is -2.86. The fourth-order valence-corrected chi connectivity index (χ4v) is 3.13. The summed E-state index contributed by atoms with van der Waals surface area (Å²) < 4.78 is 5.70. The van der Waals surface area contributed by atoms with E-state index in [0.717, 1.165) is 48.0 Å². The highest BCUT2D eigenvalue weighted by Crippen LogP contribution is 2.24. The smallest absolute Gasteiger partial charge is 0.270 e. The first-order valence-corrected chi connectivity index (χ1v) is 8.85. The third-order valence-electron chi connectivity index (χ3n) is 4.53. The predicted molar refractivity (Wildman–Crippen MR) is 97.5 cm³/mol. The van der Waals surface area contributed by atoms with Gasteiger partial charge in [-0.15, -0.1) is 0 Å². The summed E-state index contributed by atoms with van der Waals surface area (Å²) in [5.74, 6) is 0.511. The molecular weight excluding hydrogens is 328 g/mol. The zero-order valence-electron chi connectivity index (χ0n) is 14.4. The second kappa shape index (κ2) is 7.58. The van der Waals surface area contributed by atoms with E-state index in [0.29, 0.717) is 12.2 Å². The Kier molecular flexibility index (Phi) is 4.84. The number of fused-ring (bicyclic) bond motifs is 1. The number of hydrogen-bond acceptors (Lipinski definition) is 5. The molecule has 1 aliphatic heterocycles. The van der Waals surface area contributed by atoms with E-state index in [2.05, 4.69) is 20.3 Å². The molecule has 1 N–H and O–H groups in total. The Labute approximate surface area is 151 Å². The molecule has 3 heterocycles. The van der Waals surface area contributed by atoms with Crippen molar-refractivity contribution in [2.75, 3.05) is 6.61 Å². The maximum absolute atomic E-state index is 12.5. The van der Waals surface area contributed by atoms with Crippen molar-refractivity contribution in [1.29, 1.82) is 0 Å². The van der Waals surface area contributed by atoms with E-state index >= 15 is 0 Å². The fraction of sp³-hybridized carbons (Fsp3) is 0.300. The van der Waals surface area contributed by atoms with Gasteiger partial charge in [0.25, 0.3) is 5.91 Å². The molecule has 6 heteroatoms. The van der Waals surface area contributed by atoms with Gasteiger partial charge in [0, 0.05) is 42.7 Å². The Balaban J connectivity index is 1.42. The molecule has 0 aliphatic carbocycles. The van der Waals surface area contributed by atoms with E-state index in [1.807, 2.05) is 30.3 Å². The fourth-order valence-electron chi connectivity index (χ4n) is 3.13. The molecule has 3 aromatic rings. The van der Waals surface area contributed by atoms with Crippen LogP contribution in [0.4, 0.5) is 0 Å². The Bertz CT molecular complexity index is 900. The first-order valence-electron chi connectivity index (χ1n) is 8.85. The molecule has 0 radical (unpaired) electrons. The van der Waals surface area contributed by atoms with Gasteiger partial charge in [-0.05, 0) is 30.7 Å². The summed E-state index contributed by atoms with van der Waals surface area (Å²) in [5, 5.41) is 4.73. The zero-order valence-corrected chi connectivity index (χ0v) is 14.4. The Morgan fingerprint density at radius 2 is 1.96 bits per heavy atom. The summed E-state index contributed by atoms with van der Waals surface area (Å²) in [6, 6.07) is 9.61. The second-order valence-electron chi connectivity index (χ2n) is 6.37. The molecule has 1 aliphatic rings. The van der Waals surface area contributed by atoms with E-state index in [-0.39, 0.29) is 12.0 Å². The van der Waals surface area contributed by atoms with Crippen LogP contribution in [0.15, 0.2) is 48.9 Å². The standard InChI is InChI=1S/C20H20N4O2/c25-20(18-16-6-2-1-5-15(16)8-9-21-18)24-13-14-11-22-19(23-12-14)17-7-3-4-10-26-17/h1-2,5-6,8-9,11-12,17H,3-4,7,10,13H2,(H,24,25)/t17-/m0/s1. The number of nitrogens with one attached hydrogen (secondary N) is 1. The van der Waals surface area contributed by atoms with Gasteiger partial charge in [-0.25, -0.2) is 9.97 Å². The van der Waals surface area contributed by atoms with Gasteiger partial charge in [-0.2, -0.15) is 0 Å². The quantitative estimate of drug-likeness (QED) is 0.783. The van der Waals surface area contributed by atoms with Gasteiger partial charge in [-0.3, -0.25) is 9.78 Å². The summed E-state index contributed by atoms with van der Waals surface area (Å²) in [4.78, 5) is 25.5. The van der Waals surface area contributed by atoms with Crippen molar-refractivity contribution < 1.29 is 9.53 Å². The van der Waals surface area contributed by atoms with Crippen molar-refractivity contribution in [3.05, 3.63) is 66.0 Å². The summed E-state index contributed by atoms with van der Waals surface area (Å²) in [7, 11) is 0. The van der Waals surface area contributed by atoms with Gasteiger partial charge in [0.15, 0.2) is 5.82 Å². The Morgan fingerprint density at radius 1 is 1.12 bits per heavy atom. The molecule has 0 spiro atoms. The maximum atomic E-state index is 12.5. The maximum Gasteiger partial charge on any atom is 0.270 e. The monoisotopic (exact) mass is 348 g/mol. The van der Waals surface area contributed by atoms with Crippen molar-refractivity contribution in [3.63, 3.8) is 0 Å². The second-order valence-corrected chi connectivity index (χ2v) is 6.37. The van der Waals surface area contributed by atoms with Crippen LogP contribution in [-0.4, -0.2) is 27.5 Å². The van der Waals surface area contributed by atoms with Crippen molar-refractivity contribution in [2.45, 2.75) is 31.9 Å². The van der Waals surface area contributed by atoms with Gasteiger partial charge < -0.3 is 10.1 Å². The highest BCUT2D eigenvalue weighted by atomic mass is 16.5. The number of benzene rings is 1. The van der Waals surface area contributed by atoms with Gasteiger partial charge in [0.2, 0.25) is 0 Å². The predicted octanol–water partition coefficient (Wildman–Crippen LogP) is 3.20. The van der Waals surface area contributed by atoms with Crippen molar-refractivity contribution >= 4 is 16.7 Å². The van der Waals surface area contributed by atoms with Crippen LogP contribution in [0.3, 0.4) is 0 Å². The van der Waals surface area contributed by atoms with Crippen LogP contribution >= 0.6 is 0 Å². The largest absolute Gasteiger partial charge is 0.370 e. The number of carbonyl (C=O) groups is 1. The average Bonchev–Trinajstić information content (AvgIpc) is 2.72. The van der Waals surface area contributed by atoms with Crippen molar-refractivity contribution in [2.24, 2.45) is 0 Å². The van der Waals surface area contributed by atoms with Gasteiger partial charge in [0.1, 0.15) is 11.8 Å². The van der Waals surface area contributed by atoms with E-state index in [9.17, 15) is 4.79 Å². The summed E-state index contributed by atoms with van der Waals surface area (Å²) in [6.07, 6.45) is 8.34. The highest BCUT2D eigenvalue weighted by molar-refractivity contribution is 6.05. The highest BCUT2D eigenvalue weighted by Gasteiger charge is 2.18. The normalized spacial score (nSPS) is 17.2. The minimum Gasteiger partial charge on any atom is -0.370 e. The van der Waals surface area contributed by atoms with E-state index in [1.165, 1.54) is 0 Å². The molecule has 0 bridgehead atoms. The van der Waals surface area contributed by atoms with E-state index in [4.69, 9.17) is 4.74 Å². The number of rotatable bonds is 4. The van der Waals surface area contributed by atoms with Gasteiger partial charge >= 0.3 is 0 Å². The molecule has 4 rings (SSSR count). The lowest BCUT2D eigenvalue weighted by Gasteiger charge is -2.21. The molecule has 1 fully saturated rings. The molecule has 2 aromatic heterocycles. The van der Waals surface area contributed by atoms with E-state index < -0.39 is 0 Å². The first-order chi connectivity index (χ1) is 12.8. The number of pyridine rings is 1. The molecule has 1 amide bonds. The van der Waals surface area contributed by atoms with Crippen LogP contribution < -0.4 is 5.32 Å². The SMILES string of the molecule is O=C(NCc1cnc([C@@H]2CCCCO2)nc1)c1nccc2ccccc12. The number of carbonyl (C=O) groups excluding carboxylic acids is 1. The Morgan fingerprint density at radius 3 is 2.77 bits per heavy atom. The number of amides is 1. The third-order valence-corrected chi connectivity index (χ3v) is 4.53. The number of aromatic nitrogens is 3. The molecule has 1 saturated heterocycles. The summed E-state index contributed by atoms with van der Waals surface area (Å²) >= 11 is 0. The van der Waals surface area contributed by atoms with Crippen LogP contribution in [0.5, 0.6) is 0 Å². The lowest BCUT2D eigenvalue weighted by Crippen LogP contribution is -2.24. The zero-order chi connectivity index (χ0) is 17.8. The average molecular weight is 348 g/mol. The number of hydrogen-bond donors (Lipinski definition) is 1. The third kappa shape index (κ3) is 3.55. The van der Waals surface area contributed by atoms with Gasteiger partial charge in [-0.1, -0.05) is 24.3 Å². The van der Waals surface area contributed by atoms with Crippen LogP contribution in [0, 0.1) is 0 Å². The van der Waals surface area contributed by atoms with Crippen LogP contribution in [-0.2, 0) is 11.3 Å². The van der Waals surface area contributed by atoms with Crippen molar-refractivity contribution in [3.8, 4) is 0 Å². The van der Waals surface area contributed by atoms with E-state index in [1.54, 1.807) is 18.6 Å². The van der Waals surface area contributed by atoms with Gasteiger partial charge in [0.05, 0.1) is 0 Å². The first kappa shape index (κ1) is 16.6. The van der Waals surface area contributed by atoms with Crippen LogP contribution in [0.2, 0.25) is 0 Å². The van der Waals surface area contributed by atoms with Crippen molar-refractivity contribution in [1.82, 2.24) is 20.3 Å². The number of nitrogens with zero attached hydrogens (tertiary/aromatic N) is 3. The lowest BCUT2D eigenvalue weighted by atomic mass is 10.1. The minimum absolute atomic E-state index is 0.00715. The minimum atomic E-state index is -0.207. The molecule has 26 heavy (non-hydrogen) atoms. The molecule has 132 valence electrons. The molecule has 1 atom stereocenters. The molecule has 0 saturated carbocycles. The molecular formula is C20H20N4O2. The summed E-state index contributed by atoms with van der Waals surface area (Å²) in [6.45, 7) is 1.12. The van der Waals surface area contributed by atoms with Crippen LogP contribution in [0.25, 0.3) is 10.8 Å². The van der Waals surface area contributed by atoms with Crippen LogP contribution in [0.1, 0.15) is 47.2 Å². The molecule has 6 nitrogen and oxygen atoms in total. The topological polar surface area (TPSA) is 77.0 Å². The lowest BCUT2D eigenvalue weighted by molar-refractivity contribution is 0.00940. The molecule has 0 unspecified atom stereocenters.